The van der Waals surface area contributed by atoms with Gasteiger partial charge in [-0.1, -0.05) is 6.92 Å². The first-order valence-corrected chi connectivity index (χ1v) is 5.85. The molecule has 1 aromatic heterocycles. The number of nitrogens with zero attached hydrogens (tertiary/aromatic N) is 1. The normalized spacial score (nSPS) is 11.9. The largest absolute Gasteiger partial charge is 0.480 e. The fourth-order valence-electron chi connectivity index (χ4n) is 1.57. The van der Waals surface area contributed by atoms with Crippen molar-refractivity contribution >= 4 is 12.0 Å². The van der Waals surface area contributed by atoms with Crippen molar-refractivity contribution in [3.8, 4) is 0 Å². The summed E-state index contributed by atoms with van der Waals surface area (Å²) in [6, 6.07) is 2.80. The number of carbonyl (C=O) groups is 2. The molecule has 2 amide bonds. The fraction of sp³-hybridized carbons (Fsp3) is 0.500. The zero-order chi connectivity index (χ0) is 13.5. The molecular formula is C12H18N2O4. The minimum absolute atomic E-state index is 0.291. The second kappa shape index (κ2) is 6.68. The van der Waals surface area contributed by atoms with E-state index in [1.807, 2.05) is 6.92 Å². The number of amides is 2. The molecule has 100 valence electrons. The van der Waals surface area contributed by atoms with E-state index in [0.717, 1.165) is 0 Å². The standard InChI is InChI=1S/C12H18N2O4/c1-3-6-14(8-11(15)16)12(17)13-9(2)10-5-4-7-18-10/h4-5,7,9H,3,6,8H2,1-2H3,(H,13,17)(H,15,16). The summed E-state index contributed by atoms with van der Waals surface area (Å²) in [6.07, 6.45) is 2.23. The quantitative estimate of drug-likeness (QED) is 0.811. The first-order valence-electron chi connectivity index (χ1n) is 5.85. The summed E-state index contributed by atoms with van der Waals surface area (Å²) in [5.74, 6) is -0.389. The minimum atomic E-state index is -1.02. The van der Waals surface area contributed by atoms with Gasteiger partial charge in [-0.25, -0.2) is 4.79 Å². The topological polar surface area (TPSA) is 82.8 Å². The highest BCUT2D eigenvalue weighted by Crippen LogP contribution is 2.12. The van der Waals surface area contributed by atoms with Crippen molar-refractivity contribution in [3.05, 3.63) is 24.2 Å². The van der Waals surface area contributed by atoms with Crippen LogP contribution in [0.1, 0.15) is 32.1 Å². The lowest BCUT2D eigenvalue weighted by atomic mass is 10.2. The average Bonchev–Trinajstić information content (AvgIpc) is 2.81. The van der Waals surface area contributed by atoms with Gasteiger partial charge >= 0.3 is 12.0 Å². The van der Waals surface area contributed by atoms with Gasteiger partial charge in [0.1, 0.15) is 12.3 Å². The van der Waals surface area contributed by atoms with Crippen LogP contribution < -0.4 is 5.32 Å². The van der Waals surface area contributed by atoms with Crippen molar-refractivity contribution in [1.29, 1.82) is 0 Å². The zero-order valence-electron chi connectivity index (χ0n) is 10.5. The van der Waals surface area contributed by atoms with E-state index >= 15 is 0 Å². The Kier molecular flexibility index (Phi) is 5.23. The Morgan fingerprint density at radius 3 is 2.78 bits per heavy atom. The van der Waals surface area contributed by atoms with Crippen molar-refractivity contribution in [1.82, 2.24) is 10.2 Å². The molecule has 1 unspecified atom stereocenters. The molecule has 1 atom stereocenters. The number of furan rings is 1. The van der Waals surface area contributed by atoms with Crippen molar-refractivity contribution in [3.63, 3.8) is 0 Å². The molecule has 0 bridgehead atoms. The Labute approximate surface area is 106 Å². The van der Waals surface area contributed by atoms with Crippen LogP contribution in [0, 0.1) is 0 Å². The number of carbonyl (C=O) groups excluding carboxylic acids is 1. The maximum atomic E-state index is 11.9. The van der Waals surface area contributed by atoms with Gasteiger partial charge in [-0.3, -0.25) is 4.79 Å². The molecule has 0 aliphatic rings. The van der Waals surface area contributed by atoms with Crippen LogP contribution in [0.25, 0.3) is 0 Å². The Balaban J connectivity index is 2.58. The predicted molar refractivity (Wildman–Crippen MR) is 65.2 cm³/mol. The summed E-state index contributed by atoms with van der Waals surface area (Å²) >= 11 is 0. The number of hydrogen-bond donors (Lipinski definition) is 2. The Bertz CT molecular complexity index is 389. The molecule has 0 saturated heterocycles. The van der Waals surface area contributed by atoms with Crippen LogP contribution in [-0.4, -0.2) is 35.1 Å². The maximum Gasteiger partial charge on any atom is 0.323 e. The van der Waals surface area contributed by atoms with E-state index in [1.54, 1.807) is 19.1 Å². The van der Waals surface area contributed by atoms with E-state index < -0.39 is 12.0 Å². The molecule has 1 aromatic rings. The van der Waals surface area contributed by atoms with Crippen molar-refractivity contribution in [2.45, 2.75) is 26.3 Å². The Hall–Kier alpha value is -1.98. The molecule has 0 aliphatic carbocycles. The van der Waals surface area contributed by atoms with Gasteiger partial charge in [-0.15, -0.1) is 0 Å². The molecule has 0 aliphatic heterocycles. The molecule has 6 nitrogen and oxygen atoms in total. The van der Waals surface area contributed by atoms with E-state index in [4.69, 9.17) is 9.52 Å². The molecule has 0 aromatic carbocycles. The zero-order valence-corrected chi connectivity index (χ0v) is 10.5. The number of nitrogens with one attached hydrogen (secondary N) is 1. The lowest BCUT2D eigenvalue weighted by Gasteiger charge is -2.22. The number of urea groups is 1. The second-order valence-electron chi connectivity index (χ2n) is 4.00. The van der Waals surface area contributed by atoms with Crippen molar-refractivity contribution in [2.75, 3.05) is 13.1 Å². The number of carboxylic acids is 1. The fourth-order valence-corrected chi connectivity index (χ4v) is 1.57. The van der Waals surface area contributed by atoms with Crippen LogP contribution >= 0.6 is 0 Å². The summed E-state index contributed by atoms with van der Waals surface area (Å²) in [5.41, 5.74) is 0. The molecule has 0 fully saturated rings. The van der Waals surface area contributed by atoms with Crippen LogP contribution in [-0.2, 0) is 4.79 Å². The summed E-state index contributed by atoms with van der Waals surface area (Å²) in [6.45, 7) is 3.77. The molecule has 0 radical (unpaired) electrons. The van der Waals surface area contributed by atoms with Crippen molar-refractivity contribution in [2.24, 2.45) is 0 Å². The molecule has 2 N–H and O–H groups in total. The number of hydrogen-bond acceptors (Lipinski definition) is 3. The summed E-state index contributed by atoms with van der Waals surface area (Å²) < 4.78 is 5.17. The van der Waals surface area contributed by atoms with Crippen LogP contribution in [0.3, 0.4) is 0 Å². The third-order valence-electron chi connectivity index (χ3n) is 2.42. The van der Waals surface area contributed by atoms with Crippen LogP contribution in [0.4, 0.5) is 4.79 Å². The average molecular weight is 254 g/mol. The summed E-state index contributed by atoms with van der Waals surface area (Å²) in [7, 11) is 0. The second-order valence-corrected chi connectivity index (χ2v) is 4.00. The van der Waals surface area contributed by atoms with Gasteiger partial charge < -0.3 is 19.7 Å². The van der Waals surface area contributed by atoms with E-state index in [2.05, 4.69) is 5.32 Å². The first-order chi connectivity index (χ1) is 8.54. The third kappa shape index (κ3) is 4.12. The van der Waals surface area contributed by atoms with Gasteiger partial charge in [0.25, 0.3) is 0 Å². The highest BCUT2D eigenvalue weighted by atomic mass is 16.4. The van der Waals surface area contributed by atoms with E-state index in [9.17, 15) is 9.59 Å². The van der Waals surface area contributed by atoms with E-state index in [-0.39, 0.29) is 12.6 Å². The monoisotopic (exact) mass is 254 g/mol. The molecule has 1 rings (SSSR count). The lowest BCUT2D eigenvalue weighted by Crippen LogP contribution is -2.43. The molecular weight excluding hydrogens is 236 g/mol. The van der Waals surface area contributed by atoms with E-state index in [1.165, 1.54) is 11.2 Å². The molecule has 1 heterocycles. The Morgan fingerprint density at radius 1 is 1.56 bits per heavy atom. The molecule has 18 heavy (non-hydrogen) atoms. The van der Waals surface area contributed by atoms with Gasteiger partial charge in [0.05, 0.1) is 12.3 Å². The molecule has 6 heteroatoms. The van der Waals surface area contributed by atoms with Gasteiger partial charge in [0, 0.05) is 6.54 Å². The third-order valence-corrected chi connectivity index (χ3v) is 2.42. The maximum absolute atomic E-state index is 11.9. The number of rotatable bonds is 6. The van der Waals surface area contributed by atoms with Crippen molar-refractivity contribution < 1.29 is 19.1 Å². The van der Waals surface area contributed by atoms with Gasteiger partial charge in [-0.2, -0.15) is 0 Å². The summed E-state index contributed by atoms with van der Waals surface area (Å²) in [5, 5.41) is 11.4. The number of aliphatic carboxylic acids is 1. The van der Waals surface area contributed by atoms with Gasteiger partial charge in [-0.05, 0) is 25.5 Å². The predicted octanol–water partition coefficient (Wildman–Crippen LogP) is 1.85. The molecule has 0 spiro atoms. The van der Waals surface area contributed by atoms with Crippen LogP contribution in [0.15, 0.2) is 22.8 Å². The first kappa shape index (κ1) is 14.1. The SMILES string of the molecule is CCCN(CC(=O)O)C(=O)NC(C)c1ccco1. The smallest absolute Gasteiger partial charge is 0.323 e. The van der Waals surface area contributed by atoms with Crippen LogP contribution in [0.5, 0.6) is 0 Å². The van der Waals surface area contributed by atoms with E-state index in [0.29, 0.717) is 18.7 Å². The minimum Gasteiger partial charge on any atom is -0.480 e. The molecule has 0 saturated carbocycles. The summed E-state index contributed by atoms with van der Waals surface area (Å²) in [4.78, 5) is 23.8. The lowest BCUT2D eigenvalue weighted by molar-refractivity contribution is -0.137. The number of carboxylic acid groups (broad SMARTS) is 1. The Morgan fingerprint density at radius 2 is 2.28 bits per heavy atom. The van der Waals surface area contributed by atoms with Crippen LogP contribution in [0.2, 0.25) is 0 Å². The highest BCUT2D eigenvalue weighted by molar-refractivity contribution is 5.80. The van der Waals surface area contributed by atoms with Gasteiger partial charge in [0.2, 0.25) is 0 Å². The highest BCUT2D eigenvalue weighted by Gasteiger charge is 2.19. The van der Waals surface area contributed by atoms with Gasteiger partial charge in [0.15, 0.2) is 0 Å².